The fourth-order valence-corrected chi connectivity index (χ4v) is 37.1. The lowest BCUT2D eigenvalue weighted by Gasteiger charge is -2.34. The minimum atomic E-state index is -6.50. The molecule has 0 aliphatic heterocycles. The molecule has 0 aromatic carbocycles. The standard InChI is InChI=1S/C41H104O60P20/c1-2-23(103(45,46)47)5-25(105(51,52)53)7-27(107(57,58)59)9-29(109(63,64)65)11-31(111(69,70)71)13-33(113(75,76)77)15-35(115(81,82)83)17-37(117(87,88)89)19-39(119(93,94)95)21-41(121(99,100)101)22-40(120(96,97)98)20-38(118(90,91)92)18-36(116(84,85)86)16-34(114(78,79)80)14-32(112(72,73)74)12-30(110(66,67)68)10-28(108(60,61)62)8-26(106(54,55)56)6-24(104(48,49)50)3-4-102(42,43)44/h23-41H,2-22H2,1H3,(H2,42,43,44)(H2,45,46,47)(H2,48,49,50)(H2,51,52,53)(H2,54,55,56)(H2,57,58,59)(H2,60,61,62)(H2,63,64,65)(H2,66,67,68)(H2,69,70,71)(H2,72,73,74)(H2,75,76,77)(H2,78,79,80)(H2,81,82,83)(H2,84,85,86)(H2,87,88,89)(H2,90,91,92)(H2,93,94,95)(H2,96,97,98)(H2,99,100,101). The van der Waals surface area contributed by atoms with Crippen molar-refractivity contribution in [2.75, 3.05) is 6.16 Å². The molecule has 0 aliphatic carbocycles. The smallest absolute Gasteiger partial charge is 0.324 e. The van der Waals surface area contributed by atoms with Gasteiger partial charge in [-0.2, -0.15) is 0 Å². The first kappa shape index (κ1) is 124. The lowest BCUT2D eigenvalue weighted by atomic mass is 9.99. The van der Waals surface area contributed by atoms with Crippen LogP contribution in [0.25, 0.3) is 0 Å². The maximum atomic E-state index is 13.3. The second-order valence-electron chi connectivity index (χ2n) is 29.4. The lowest BCUT2D eigenvalue weighted by molar-refractivity contribution is 0.299. The van der Waals surface area contributed by atoms with E-state index in [9.17, 15) is 287 Å². The van der Waals surface area contributed by atoms with Gasteiger partial charge in [-0.15, -0.1) is 0 Å². The van der Waals surface area contributed by atoms with Crippen molar-refractivity contribution in [2.24, 2.45) is 0 Å². The zero-order chi connectivity index (χ0) is 96.8. The van der Waals surface area contributed by atoms with E-state index in [1.165, 1.54) is 0 Å². The van der Waals surface area contributed by atoms with Crippen molar-refractivity contribution in [3.8, 4) is 0 Å². The van der Waals surface area contributed by atoms with E-state index in [1.54, 1.807) is 0 Å². The molecule has 0 saturated carbocycles. The molecule has 0 aromatic heterocycles. The van der Waals surface area contributed by atoms with Crippen molar-refractivity contribution in [2.45, 2.75) is 243 Å². The summed E-state index contributed by atoms with van der Waals surface area (Å²) < 4.78 is 258. The Labute approximate surface area is 684 Å². The molecule has 60 nitrogen and oxygen atoms in total. The summed E-state index contributed by atoms with van der Waals surface area (Å²) in [6.45, 7) is 1.08. The van der Waals surface area contributed by atoms with Crippen LogP contribution in [0.1, 0.15) is 135 Å². The SMILES string of the molecule is CCC(CC(CC(CC(CC(CC(CC(CC(CC(CC(CC(CC(CC(CC(CC(CC(CC(CC(CC(CCP(=O)(O)O)P(=O)(O)O)P(=O)(O)O)P(=O)(O)O)P(=O)(O)O)P(=O)(O)O)P(=O)(O)O)P(=O)(O)O)P(=O)(O)O)P(=O)(O)O)P(=O)(O)O)P(=O)(O)O)P(=O)(O)O)P(=O)(O)O)P(=O)(O)O)P(=O)(O)O)P(=O)(O)O)P(=O)(O)O)P(=O)(O)O)P(=O)(O)O. The van der Waals surface area contributed by atoms with Crippen LogP contribution in [0.4, 0.5) is 0 Å². The van der Waals surface area contributed by atoms with E-state index < -0.39 is 394 Å². The van der Waals surface area contributed by atoms with E-state index >= 15 is 0 Å². The van der Waals surface area contributed by atoms with Gasteiger partial charge in [0.2, 0.25) is 0 Å². The predicted octanol–water partition coefficient (Wildman–Crippen LogP) is -0.634. The highest BCUT2D eigenvalue weighted by atomic mass is 31.2. The predicted molar refractivity (Wildman–Crippen MR) is 416 cm³/mol. The summed E-state index contributed by atoms with van der Waals surface area (Å²) in [6.07, 6.45) is -37.9. The van der Waals surface area contributed by atoms with E-state index in [-0.39, 0.29) is 0 Å². The van der Waals surface area contributed by atoms with Crippen LogP contribution in [0.2, 0.25) is 0 Å². The molecule has 0 fully saturated rings. The van der Waals surface area contributed by atoms with Crippen LogP contribution in [0.5, 0.6) is 0 Å². The van der Waals surface area contributed by atoms with Gasteiger partial charge in [0, 0.05) is 0 Å². The van der Waals surface area contributed by atoms with Crippen LogP contribution in [-0.2, 0) is 91.3 Å². The lowest BCUT2D eigenvalue weighted by Crippen LogP contribution is -2.32. The molecule has 121 heavy (non-hydrogen) atoms. The molecule has 728 valence electrons. The van der Waals surface area contributed by atoms with Crippen LogP contribution < -0.4 is 0 Å². The largest absolute Gasteiger partial charge is 0.328 e. The molecule has 0 rings (SSSR count). The molecule has 0 aromatic rings. The minimum Gasteiger partial charge on any atom is -0.324 e. The molecule has 80 heteroatoms. The van der Waals surface area contributed by atoms with Crippen LogP contribution in [0, 0.1) is 0 Å². The third kappa shape index (κ3) is 46.4. The van der Waals surface area contributed by atoms with Crippen LogP contribution >= 0.6 is 152 Å². The Bertz CT molecular complexity index is 4380. The van der Waals surface area contributed by atoms with Crippen molar-refractivity contribution in [3.63, 3.8) is 0 Å². The van der Waals surface area contributed by atoms with Crippen molar-refractivity contribution < 1.29 is 287 Å². The Balaban J connectivity index is 8.12. The fraction of sp³-hybridized carbons (Fsp3) is 1.00. The molecular formula is C41H104O60P20. The maximum Gasteiger partial charge on any atom is 0.328 e. The van der Waals surface area contributed by atoms with E-state index in [1.807, 2.05) is 0 Å². The monoisotopic (exact) mass is 2180 g/mol. The quantitative estimate of drug-likeness (QED) is 0.0337. The Morgan fingerprint density at radius 3 is 0.273 bits per heavy atom. The summed E-state index contributed by atoms with van der Waals surface area (Å²) in [6, 6.07) is 0. The molecular weight excluding hydrogens is 2070 g/mol. The number of hydrogen-bond acceptors (Lipinski definition) is 20. The van der Waals surface area contributed by atoms with Gasteiger partial charge in [-0.25, -0.2) is 0 Å². The van der Waals surface area contributed by atoms with Crippen LogP contribution in [-0.4, -0.2) is 309 Å². The summed E-state index contributed by atoms with van der Waals surface area (Å²) in [7, 11) is -124. The van der Waals surface area contributed by atoms with Crippen molar-refractivity contribution in [1.29, 1.82) is 0 Å². The highest BCUT2D eigenvalue weighted by Gasteiger charge is 2.55. The number of hydrogen-bond donors (Lipinski definition) is 40. The van der Waals surface area contributed by atoms with Crippen LogP contribution in [0.3, 0.4) is 0 Å². The van der Waals surface area contributed by atoms with Gasteiger partial charge in [-0.05, 0) is 128 Å². The van der Waals surface area contributed by atoms with E-state index in [0.717, 1.165) is 6.92 Å². The van der Waals surface area contributed by atoms with Gasteiger partial charge >= 0.3 is 152 Å². The van der Waals surface area contributed by atoms with Crippen molar-refractivity contribution in [3.05, 3.63) is 0 Å². The molecule has 0 aliphatic rings. The Morgan fingerprint density at radius 2 is 0.207 bits per heavy atom. The van der Waals surface area contributed by atoms with Gasteiger partial charge in [0.1, 0.15) is 0 Å². The highest BCUT2D eigenvalue weighted by Crippen LogP contribution is 2.68. The van der Waals surface area contributed by atoms with Gasteiger partial charge in [0.25, 0.3) is 0 Å². The van der Waals surface area contributed by atoms with Gasteiger partial charge in [-0.3, -0.25) is 91.3 Å². The van der Waals surface area contributed by atoms with Gasteiger partial charge in [0.05, 0.1) is 114 Å². The molecule has 0 bridgehead atoms. The fourth-order valence-electron chi connectivity index (χ4n) is 13.2. The zero-order valence-electron chi connectivity index (χ0n) is 61.8. The van der Waals surface area contributed by atoms with Crippen molar-refractivity contribution in [1.82, 2.24) is 0 Å². The summed E-state index contributed by atoms with van der Waals surface area (Å²) in [5.41, 5.74) is -56.0. The van der Waals surface area contributed by atoms with Gasteiger partial charge in [0.15, 0.2) is 0 Å². The topological polar surface area (TPSA) is 1150 Å². The Kier molecular flexibility index (Phi) is 46.4. The second kappa shape index (κ2) is 45.3. The molecule has 40 N–H and O–H groups in total. The molecule has 0 saturated heterocycles. The summed E-state index contributed by atoms with van der Waals surface area (Å²) in [5, 5.41) is 0. The summed E-state index contributed by atoms with van der Waals surface area (Å²) in [4.78, 5) is 413. The first-order chi connectivity index (χ1) is 52.6. The average molecular weight is 2180 g/mol. The molecule has 0 heterocycles. The molecule has 0 spiro atoms. The van der Waals surface area contributed by atoms with E-state index in [0.29, 0.717) is 0 Å². The second-order valence-corrected chi connectivity index (χ2v) is 67.5. The molecule has 0 radical (unpaired) electrons. The van der Waals surface area contributed by atoms with Gasteiger partial charge in [-0.1, -0.05) is 6.92 Å². The Hall–Kier alpha value is 3.00. The summed E-state index contributed by atoms with van der Waals surface area (Å²) >= 11 is 0. The highest BCUT2D eigenvalue weighted by molar-refractivity contribution is 7.59. The van der Waals surface area contributed by atoms with Crippen molar-refractivity contribution >= 4 is 152 Å². The zero-order valence-corrected chi connectivity index (χ0v) is 79.7. The molecule has 19 unspecified atom stereocenters. The third-order valence-electron chi connectivity index (χ3n) is 20.1. The maximum absolute atomic E-state index is 13.3. The van der Waals surface area contributed by atoms with E-state index in [2.05, 4.69) is 0 Å². The Morgan fingerprint density at radius 1 is 0.132 bits per heavy atom. The summed E-state index contributed by atoms with van der Waals surface area (Å²) in [5.74, 6) is 0. The first-order valence-corrected chi connectivity index (χ1v) is 67.3. The van der Waals surface area contributed by atoms with Crippen LogP contribution in [0.15, 0.2) is 0 Å². The molecule has 0 amide bonds. The van der Waals surface area contributed by atoms with Gasteiger partial charge < -0.3 is 196 Å². The first-order valence-electron chi connectivity index (χ1n) is 33.6. The normalized spacial score (nSPS) is 19.8. The number of rotatable bonds is 59. The molecule has 19 atom stereocenters. The average Bonchev–Trinajstić information content (AvgIpc) is 0.801. The minimum absolute atomic E-state index is 0.574. The third-order valence-corrected chi connectivity index (χ3v) is 47.2. The van der Waals surface area contributed by atoms with E-state index in [4.69, 9.17) is 0 Å².